The highest BCUT2D eigenvalue weighted by atomic mass is 16.7. The number of rotatable bonds is 3. The Balaban J connectivity index is 2.10. The van der Waals surface area contributed by atoms with E-state index in [-0.39, 0.29) is 5.41 Å². The maximum atomic E-state index is 11.0. The van der Waals surface area contributed by atoms with Crippen molar-refractivity contribution in [2.24, 2.45) is 5.41 Å². The van der Waals surface area contributed by atoms with Crippen LogP contribution in [0.1, 0.15) is 39.5 Å². The van der Waals surface area contributed by atoms with Crippen LogP contribution in [0.3, 0.4) is 0 Å². The highest BCUT2D eigenvalue weighted by Crippen LogP contribution is 2.53. The summed E-state index contributed by atoms with van der Waals surface area (Å²) in [7, 11) is 0. The summed E-state index contributed by atoms with van der Waals surface area (Å²) in [4.78, 5) is 11.0. The van der Waals surface area contributed by atoms with Crippen LogP contribution in [0, 0.1) is 16.7 Å². The molecule has 2 aliphatic rings. The van der Waals surface area contributed by atoms with Crippen molar-refractivity contribution in [3.63, 3.8) is 0 Å². The van der Waals surface area contributed by atoms with Crippen molar-refractivity contribution >= 4 is 5.97 Å². The molecule has 2 rings (SSSR count). The van der Waals surface area contributed by atoms with Gasteiger partial charge >= 0.3 is 5.97 Å². The fraction of sp³-hybridized carbons (Fsp3) is 0.846. The third-order valence-electron chi connectivity index (χ3n) is 4.00. The molecule has 100 valence electrons. The van der Waals surface area contributed by atoms with Gasteiger partial charge in [-0.25, -0.2) is 0 Å². The molecule has 1 saturated heterocycles. The number of esters is 1. The fourth-order valence-corrected chi connectivity index (χ4v) is 3.13. The van der Waals surface area contributed by atoms with Gasteiger partial charge in [-0.1, -0.05) is 6.92 Å². The van der Waals surface area contributed by atoms with Crippen LogP contribution in [0.2, 0.25) is 0 Å². The minimum atomic E-state index is -0.727. The highest BCUT2D eigenvalue weighted by Gasteiger charge is 2.57. The van der Waals surface area contributed by atoms with Crippen molar-refractivity contribution in [1.82, 2.24) is 0 Å². The van der Waals surface area contributed by atoms with E-state index in [1.165, 1.54) is 6.92 Å². The summed E-state index contributed by atoms with van der Waals surface area (Å²) in [6.45, 7) is 4.57. The van der Waals surface area contributed by atoms with E-state index >= 15 is 0 Å². The molecule has 0 aromatic heterocycles. The fourth-order valence-electron chi connectivity index (χ4n) is 3.13. The molecule has 0 aromatic carbocycles. The second-order valence-electron chi connectivity index (χ2n) is 5.30. The Bertz CT molecular complexity index is 364. The van der Waals surface area contributed by atoms with Crippen molar-refractivity contribution in [1.29, 1.82) is 5.26 Å². The average molecular weight is 253 g/mol. The molecule has 5 nitrogen and oxygen atoms in total. The standard InChI is InChI=1S/C13H19NO4/c1-10(15)18-11(9-14)8-12(2)4-3-5-13(12)16-6-7-17-13/h11H,3-8H2,1-2H3/t11?,12-/m0/s1. The van der Waals surface area contributed by atoms with Gasteiger partial charge in [0, 0.05) is 25.2 Å². The van der Waals surface area contributed by atoms with Gasteiger partial charge in [0.05, 0.1) is 13.2 Å². The van der Waals surface area contributed by atoms with Crippen LogP contribution in [-0.4, -0.2) is 31.1 Å². The van der Waals surface area contributed by atoms with Crippen LogP contribution in [0.4, 0.5) is 0 Å². The first-order valence-corrected chi connectivity index (χ1v) is 6.36. The second-order valence-corrected chi connectivity index (χ2v) is 5.30. The van der Waals surface area contributed by atoms with Crippen molar-refractivity contribution in [3.8, 4) is 6.07 Å². The topological polar surface area (TPSA) is 68.6 Å². The number of nitrogens with zero attached hydrogens (tertiary/aromatic N) is 1. The average Bonchev–Trinajstić information content (AvgIpc) is 2.88. The van der Waals surface area contributed by atoms with E-state index in [4.69, 9.17) is 19.5 Å². The predicted molar refractivity (Wildman–Crippen MR) is 62.4 cm³/mol. The summed E-state index contributed by atoms with van der Waals surface area (Å²) in [5.41, 5.74) is -0.265. The van der Waals surface area contributed by atoms with Gasteiger partial charge in [0.25, 0.3) is 0 Å². The van der Waals surface area contributed by atoms with Crippen molar-refractivity contribution in [2.75, 3.05) is 13.2 Å². The van der Waals surface area contributed by atoms with Gasteiger partial charge in [-0.3, -0.25) is 4.79 Å². The van der Waals surface area contributed by atoms with Crippen molar-refractivity contribution in [2.45, 2.75) is 51.4 Å². The van der Waals surface area contributed by atoms with Crippen LogP contribution >= 0.6 is 0 Å². The molecule has 0 radical (unpaired) electrons. The number of carbonyl (C=O) groups excluding carboxylic acids is 1. The predicted octanol–water partition coefficient (Wildman–Crippen LogP) is 1.77. The first-order valence-electron chi connectivity index (χ1n) is 6.36. The summed E-state index contributed by atoms with van der Waals surface area (Å²) >= 11 is 0. The molecular formula is C13H19NO4. The molecule has 1 aliphatic carbocycles. The Morgan fingerprint density at radius 2 is 2.11 bits per heavy atom. The zero-order valence-corrected chi connectivity index (χ0v) is 10.9. The number of carbonyl (C=O) groups is 1. The molecule has 0 aromatic rings. The zero-order chi connectivity index (χ0) is 13.2. The van der Waals surface area contributed by atoms with Gasteiger partial charge < -0.3 is 14.2 Å². The third-order valence-corrected chi connectivity index (χ3v) is 4.00. The summed E-state index contributed by atoms with van der Waals surface area (Å²) in [5.74, 6) is -1.01. The summed E-state index contributed by atoms with van der Waals surface area (Å²) in [6.07, 6.45) is 2.52. The molecule has 0 N–H and O–H groups in total. The van der Waals surface area contributed by atoms with Gasteiger partial charge in [0.15, 0.2) is 11.9 Å². The maximum Gasteiger partial charge on any atom is 0.303 e. The molecule has 1 unspecified atom stereocenters. The van der Waals surface area contributed by atoms with E-state index in [0.29, 0.717) is 19.6 Å². The van der Waals surface area contributed by atoms with Gasteiger partial charge in [0.1, 0.15) is 6.07 Å². The minimum Gasteiger partial charge on any atom is -0.447 e. The highest BCUT2D eigenvalue weighted by molar-refractivity contribution is 5.66. The van der Waals surface area contributed by atoms with Gasteiger partial charge in [-0.2, -0.15) is 5.26 Å². The Morgan fingerprint density at radius 3 is 2.67 bits per heavy atom. The van der Waals surface area contributed by atoms with Crippen molar-refractivity contribution < 1.29 is 19.0 Å². The molecule has 2 atom stereocenters. The van der Waals surface area contributed by atoms with Crippen molar-refractivity contribution in [3.05, 3.63) is 0 Å². The quantitative estimate of drug-likeness (QED) is 0.717. The second kappa shape index (κ2) is 4.87. The van der Waals surface area contributed by atoms with Gasteiger partial charge in [0.2, 0.25) is 0 Å². The lowest BCUT2D eigenvalue weighted by Crippen LogP contribution is -2.45. The largest absolute Gasteiger partial charge is 0.447 e. The van der Waals surface area contributed by atoms with E-state index in [9.17, 15) is 4.79 Å². The molecule has 18 heavy (non-hydrogen) atoms. The van der Waals surface area contributed by atoms with Gasteiger partial charge in [-0.05, 0) is 12.8 Å². The van der Waals surface area contributed by atoms with Crippen LogP contribution in [0.5, 0.6) is 0 Å². The SMILES string of the molecule is CC(=O)OC(C#N)C[C@]1(C)CCCC12OCCO2. The van der Waals surface area contributed by atoms with E-state index in [1.807, 2.05) is 6.07 Å². The monoisotopic (exact) mass is 253 g/mol. The number of hydrogen-bond acceptors (Lipinski definition) is 5. The maximum absolute atomic E-state index is 11.0. The molecule has 1 aliphatic heterocycles. The Labute approximate surface area is 107 Å². The summed E-state index contributed by atoms with van der Waals surface area (Å²) in [6, 6.07) is 2.04. The lowest BCUT2D eigenvalue weighted by Gasteiger charge is -2.39. The molecule has 1 saturated carbocycles. The first-order chi connectivity index (χ1) is 8.51. The smallest absolute Gasteiger partial charge is 0.303 e. The normalized spacial score (nSPS) is 31.2. The molecule has 1 heterocycles. The Morgan fingerprint density at radius 1 is 1.44 bits per heavy atom. The van der Waals surface area contributed by atoms with Crippen LogP contribution in [0.15, 0.2) is 0 Å². The van der Waals surface area contributed by atoms with Crippen LogP contribution in [-0.2, 0) is 19.0 Å². The number of hydrogen-bond donors (Lipinski definition) is 0. The summed E-state index contributed by atoms with van der Waals surface area (Å²) in [5, 5.41) is 9.07. The van der Waals surface area contributed by atoms with Crippen LogP contribution in [0.25, 0.3) is 0 Å². The van der Waals surface area contributed by atoms with Crippen LogP contribution < -0.4 is 0 Å². The third kappa shape index (κ3) is 2.23. The number of ether oxygens (including phenoxy) is 3. The van der Waals surface area contributed by atoms with E-state index in [1.54, 1.807) is 0 Å². The Hall–Kier alpha value is -1.12. The zero-order valence-electron chi connectivity index (χ0n) is 10.9. The molecule has 0 amide bonds. The molecule has 1 spiro atoms. The lowest BCUT2D eigenvalue weighted by atomic mass is 9.78. The van der Waals surface area contributed by atoms with E-state index < -0.39 is 17.9 Å². The molecular weight excluding hydrogens is 234 g/mol. The van der Waals surface area contributed by atoms with Gasteiger partial charge in [-0.15, -0.1) is 0 Å². The lowest BCUT2D eigenvalue weighted by molar-refractivity contribution is -0.223. The van der Waals surface area contributed by atoms with E-state index in [0.717, 1.165) is 19.3 Å². The number of nitriles is 1. The van der Waals surface area contributed by atoms with E-state index in [2.05, 4.69) is 6.92 Å². The Kier molecular flexibility index (Phi) is 3.60. The minimum absolute atomic E-state index is 0.265. The molecule has 5 heteroatoms. The first kappa shape index (κ1) is 13.3. The molecule has 2 fully saturated rings. The molecule has 0 bridgehead atoms. The summed E-state index contributed by atoms with van der Waals surface area (Å²) < 4.78 is 16.6.